The predicted molar refractivity (Wildman–Crippen MR) is 80.9 cm³/mol. The third kappa shape index (κ3) is 3.02. The number of methoxy groups -OCH3 is 1. The summed E-state index contributed by atoms with van der Waals surface area (Å²) in [5.74, 6) is 0.894. The summed E-state index contributed by atoms with van der Waals surface area (Å²) in [5, 5.41) is 8.02. The molecule has 4 nitrogen and oxygen atoms in total. The Kier molecular flexibility index (Phi) is 4.45. The zero-order valence-electron chi connectivity index (χ0n) is 12.9. The molecule has 1 atom stereocenters. The summed E-state index contributed by atoms with van der Waals surface area (Å²) in [4.78, 5) is 0. The van der Waals surface area contributed by atoms with Crippen molar-refractivity contribution in [2.45, 2.75) is 33.4 Å². The molecule has 20 heavy (non-hydrogen) atoms. The van der Waals surface area contributed by atoms with E-state index in [2.05, 4.69) is 43.3 Å². The summed E-state index contributed by atoms with van der Waals surface area (Å²) in [6.07, 6.45) is 0. The lowest BCUT2D eigenvalue weighted by atomic mass is 10.1. The zero-order chi connectivity index (χ0) is 14.7. The molecule has 0 bridgehead atoms. The van der Waals surface area contributed by atoms with Crippen molar-refractivity contribution in [3.05, 3.63) is 46.8 Å². The Morgan fingerprint density at radius 2 is 2.10 bits per heavy atom. The van der Waals surface area contributed by atoms with E-state index in [1.54, 1.807) is 7.11 Å². The summed E-state index contributed by atoms with van der Waals surface area (Å²) in [6, 6.07) is 8.41. The normalized spacial score (nSPS) is 12.4. The van der Waals surface area contributed by atoms with Crippen LogP contribution < -0.4 is 10.1 Å². The second kappa shape index (κ2) is 6.09. The maximum Gasteiger partial charge on any atom is 0.119 e. The first-order chi connectivity index (χ1) is 9.52. The number of ether oxygens (including phenoxy) is 1. The lowest BCUT2D eigenvalue weighted by Gasteiger charge is -2.15. The summed E-state index contributed by atoms with van der Waals surface area (Å²) in [5.41, 5.74) is 4.81. The number of rotatable bonds is 5. The number of nitrogens with zero attached hydrogens (tertiary/aromatic N) is 2. The van der Waals surface area contributed by atoms with Crippen molar-refractivity contribution in [3.63, 3.8) is 0 Å². The number of hydrogen-bond donors (Lipinski definition) is 1. The molecule has 0 spiro atoms. The lowest BCUT2D eigenvalue weighted by Crippen LogP contribution is -2.19. The zero-order valence-corrected chi connectivity index (χ0v) is 12.9. The molecule has 1 aromatic heterocycles. The summed E-state index contributed by atoms with van der Waals surface area (Å²) >= 11 is 0. The third-order valence-corrected chi connectivity index (χ3v) is 3.74. The Labute approximate surface area is 120 Å². The van der Waals surface area contributed by atoms with Crippen LogP contribution in [0.1, 0.15) is 35.5 Å². The van der Waals surface area contributed by atoms with Gasteiger partial charge in [-0.1, -0.05) is 12.1 Å². The van der Waals surface area contributed by atoms with Crippen molar-refractivity contribution in [1.82, 2.24) is 15.1 Å². The Morgan fingerprint density at radius 1 is 1.35 bits per heavy atom. The minimum Gasteiger partial charge on any atom is -0.497 e. The Hall–Kier alpha value is -1.81. The molecule has 2 aromatic rings. The monoisotopic (exact) mass is 273 g/mol. The first-order valence-corrected chi connectivity index (χ1v) is 6.89. The number of nitrogens with one attached hydrogen (secondary N) is 1. The fraction of sp³-hybridized carbons (Fsp3) is 0.438. The van der Waals surface area contributed by atoms with Crippen LogP contribution in [0.25, 0.3) is 0 Å². The number of benzene rings is 1. The Bertz CT molecular complexity index is 589. The maximum absolute atomic E-state index is 5.25. The van der Waals surface area contributed by atoms with Gasteiger partial charge in [-0.15, -0.1) is 0 Å². The molecule has 0 aliphatic heterocycles. The highest BCUT2D eigenvalue weighted by Gasteiger charge is 2.15. The van der Waals surface area contributed by atoms with Gasteiger partial charge in [0.15, 0.2) is 0 Å². The van der Waals surface area contributed by atoms with Gasteiger partial charge in [0.25, 0.3) is 0 Å². The quantitative estimate of drug-likeness (QED) is 0.910. The van der Waals surface area contributed by atoms with Gasteiger partial charge in [-0.25, -0.2) is 0 Å². The lowest BCUT2D eigenvalue weighted by molar-refractivity contribution is 0.414. The minimum absolute atomic E-state index is 0.273. The molecule has 0 saturated heterocycles. The van der Waals surface area contributed by atoms with E-state index < -0.39 is 0 Å². The smallest absolute Gasteiger partial charge is 0.119 e. The van der Waals surface area contributed by atoms with Crippen LogP contribution in [0.2, 0.25) is 0 Å². The van der Waals surface area contributed by atoms with Crippen LogP contribution in [0.5, 0.6) is 5.75 Å². The molecular weight excluding hydrogens is 250 g/mol. The van der Waals surface area contributed by atoms with Crippen molar-refractivity contribution in [1.29, 1.82) is 0 Å². The van der Waals surface area contributed by atoms with Crippen molar-refractivity contribution in [2.75, 3.05) is 7.11 Å². The van der Waals surface area contributed by atoms with Gasteiger partial charge < -0.3 is 10.1 Å². The van der Waals surface area contributed by atoms with E-state index in [1.165, 1.54) is 16.8 Å². The van der Waals surface area contributed by atoms with Gasteiger partial charge in [-0.3, -0.25) is 4.68 Å². The molecule has 2 rings (SSSR count). The average molecular weight is 273 g/mol. The molecule has 0 amide bonds. The Balaban J connectivity index is 2.06. The third-order valence-electron chi connectivity index (χ3n) is 3.74. The van der Waals surface area contributed by atoms with E-state index >= 15 is 0 Å². The minimum atomic E-state index is 0.273. The first-order valence-electron chi connectivity index (χ1n) is 6.89. The van der Waals surface area contributed by atoms with Gasteiger partial charge >= 0.3 is 0 Å². The molecule has 0 fully saturated rings. The summed E-state index contributed by atoms with van der Waals surface area (Å²) in [6.45, 7) is 7.16. The standard InChI is InChI=1S/C16H23N3O/c1-11(16-12(2)18-19(4)13(16)3)17-10-14-7-6-8-15(9-14)20-5/h6-9,11,17H,10H2,1-5H3. The van der Waals surface area contributed by atoms with Crippen LogP contribution in [-0.4, -0.2) is 16.9 Å². The Morgan fingerprint density at radius 3 is 2.70 bits per heavy atom. The molecule has 0 aliphatic rings. The molecule has 1 unspecified atom stereocenters. The van der Waals surface area contributed by atoms with E-state index in [0.717, 1.165) is 18.0 Å². The fourth-order valence-electron chi connectivity index (χ4n) is 2.57. The fourth-order valence-corrected chi connectivity index (χ4v) is 2.57. The summed E-state index contributed by atoms with van der Waals surface area (Å²) in [7, 11) is 3.68. The number of aromatic nitrogens is 2. The van der Waals surface area contributed by atoms with Crippen LogP contribution in [0.4, 0.5) is 0 Å². The van der Waals surface area contributed by atoms with Crippen LogP contribution in [0, 0.1) is 13.8 Å². The average Bonchev–Trinajstić information content (AvgIpc) is 2.70. The maximum atomic E-state index is 5.25. The van der Waals surface area contributed by atoms with Gasteiger partial charge in [-0.05, 0) is 38.5 Å². The largest absolute Gasteiger partial charge is 0.497 e. The van der Waals surface area contributed by atoms with Gasteiger partial charge in [0, 0.05) is 30.9 Å². The van der Waals surface area contributed by atoms with Crippen molar-refractivity contribution < 1.29 is 4.74 Å². The van der Waals surface area contributed by atoms with E-state index in [9.17, 15) is 0 Å². The summed E-state index contributed by atoms with van der Waals surface area (Å²) < 4.78 is 7.19. The van der Waals surface area contributed by atoms with Crippen molar-refractivity contribution in [2.24, 2.45) is 7.05 Å². The molecule has 108 valence electrons. The van der Waals surface area contributed by atoms with Crippen LogP contribution in [0.3, 0.4) is 0 Å². The van der Waals surface area contributed by atoms with Gasteiger partial charge in [0.2, 0.25) is 0 Å². The molecule has 1 N–H and O–H groups in total. The van der Waals surface area contributed by atoms with Gasteiger partial charge in [0.1, 0.15) is 5.75 Å². The van der Waals surface area contributed by atoms with E-state index in [-0.39, 0.29) is 6.04 Å². The first kappa shape index (κ1) is 14.6. The second-order valence-electron chi connectivity index (χ2n) is 5.16. The van der Waals surface area contributed by atoms with E-state index in [1.807, 2.05) is 23.9 Å². The predicted octanol–water partition coefficient (Wildman–Crippen LogP) is 2.90. The molecule has 0 aliphatic carbocycles. The molecule has 0 saturated carbocycles. The number of hydrogen-bond acceptors (Lipinski definition) is 3. The molecular formula is C16H23N3O. The molecule has 1 heterocycles. The van der Waals surface area contributed by atoms with Crippen molar-refractivity contribution >= 4 is 0 Å². The highest BCUT2D eigenvalue weighted by Crippen LogP contribution is 2.21. The van der Waals surface area contributed by atoms with E-state index in [0.29, 0.717) is 0 Å². The van der Waals surface area contributed by atoms with Gasteiger partial charge in [0.05, 0.1) is 12.8 Å². The topological polar surface area (TPSA) is 39.1 Å². The van der Waals surface area contributed by atoms with Gasteiger partial charge in [-0.2, -0.15) is 5.10 Å². The molecule has 1 aromatic carbocycles. The number of aryl methyl sites for hydroxylation is 2. The highest BCUT2D eigenvalue weighted by atomic mass is 16.5. The SMILES string of the molecule is COc1cccc(CNC(C)c2c(C)nn(C)c2C)c1. The van der Waals surface area contributed by atoms with Crippen LogP contribution >= 0.6 is 0 Å². The van der Waals surface area contributed by atoms with Crippen LogP contribution in [0.15, 0.2) is 24.3 Å². The van der Waals surface area contributed by atoms with Crippen molar-refractivity contribution in [3.8, 4) is 5.75 Å². The second-order valence-corrected chi connectivity index (χ2v) is 5.16. The van der Waals surface area contributed by atoms with E-state index in [4.69, 9.17) is 4.74 Å². The molecule has 0 radical (unpaired) electrons. The molecule has 4 heteroatoms. The highest BCUT2D eigenvalue weighted by molar-refractivity contribution is 5.30. The van der Waals surface area contributed by atoms with Crippen LogP contribution in [-0.2, 0) is 13.6 Å².